The molecule has 3 atom stereocenters. The van der Waals surface area contributed by atoms with E-state index in [1.54, 1.807) is 0 Å². The third-order valence-electron chi connectivity index (χ3n) is 3.56. The van der Waals surface area contributed by atoms with Gasteiger partial charge in [0.1, 0.15) is 0 Å². The molecule has 4 heteroatoms. The van der Waals surface area contributed by atoms with Gasteiger partial charge in [0.05, 0.1) is 18.2 Å². The molecule has 0 spiro atoms. The third kappa shape index (κ3) is 3.14. The van der Waals surface area contributed by atoms with Crippen LogP contribution < -0.4 is 11.1 Å². The lowest BCUT2D eigenvalue weighted by molar-refractivity contribution is -0.124. The fraction of sp³-hybridized carbons (Fsp3) is 0.533. The van der Waals surface area contributed by atoms with Gasteiger partial charge in [-0.3, -0.25) is 4.79 Å². The molecule has 0 aromatic heterocycles. The van der Waals surface area contributed by atoms with Crippen molar-refractivity contribution in [2.24, 2.45) is 11.7 Å². The molecular weight excluding hydrogens is 240 g/mol. The summed E-state index contributed by atoms with van der Waals surface area (Å²) in [4.78, 5) is 12.0. The molecule has 1 unspecified atom stereocenters. The molecule has 0 bridgehead atoms. The molecule has 19 heavy (non-hydrogen) atoms. The van der Waals surface area contributed by atoms with Crippen LogP contribution in [0.2, 0.25) is 0 Å². The average Bonchev–Trinajstić information content (AvgIpc) is 2.65. The maximum Gasteiger partial charge on any atom is 0.237 e. The number of carbonyl (C=O) groups is 1. The number of nitrogens with one attached hydrogen (secondary N) is 1. The number of hydrogen-bond donors (Lipinski definition) is 3. The van der Waals surface area contributed by atoms with Crippen molar-refractivity contribution in [1.82, 2.24) is 5.32 Å². The highest BCUT2D eigenvalue weighted by atomic mass is 16.3. The molecule has 4 nitrogen and oxygen atoms in total. The van der Waals surface area contributed by atoms with E-state index in [2.05, 4.69) is 5.32 Å². The fourth-order valence-electron chi connectivity index (χ4n) is 2.62. The molecule has 0 fully saturated rings. The third-order valence-corrected chi connectivity index (χ3v) is 3.56. The molecule has 0 saturated heterocycles. The second-order valence-electron chi connectivity index (χ2n) is 5.69. The molecule has 4 N–H and O–H groups in total. The SMILES string of the molecule is CC(C)CC(N)C(=O)N[C@@H]1c2ccccc2C[C@@H]1O. The molecule has 1 aromatic rings. The van der Waals surface area contributed by atoms with Gasteiger partial charge in [0.25, 0.3) is 0 Å². The highest BCUT2D eigenvalue weighted by Crippen LogP contribution is 2.31. The van der Waals surface area contributed by atoms with Crippen molar-refractivity contribution in [1.29, 1.82) is 0 Å². The van der Waals surface area contributed by atoms with Gasteiger partial charge in [-0.2, -0.15) is 0 Å². The summed E-state index contributed by atoms with van der Waals surface area (Å²) in [6.07, 6.45) is 0.671. The Morgan fingerprint density at radius 2 is 2.16 bits per heavy atom. The normalized spacial score (nSPS) is 23.2. The lowest BCUT2D eigenvalue weighted by Crippen LogP contribution is -2.44. The van der Waals surface area contributed by atoms with Gasteiger partial charge in [-0.15, -0.1) is 0 Å². The monoisotopic (exact) mass is 262 g/mol. The highest BCUT2D eigenvalue weighted by Gasteiger charge is 2.32. The molecule has 0 heterocycles. The van der Waals surface area contributed by atoms with Crippen molar-refractivity contribution >= 4 is 5.91 Å². The minimum Gasteiger partial charge on any atom is -0.390 e. The number of rotatable bonds is 4. The molecule has 104 valence electrons. The number of aliphatic hydroxyl groups is 1. The maximum atomic E-state index is 12.0. The number of aliphatic hydroxyl groups excluding tert-OH is 1. The van der Waals surface area contributed by atoms with E-state index in [1.807, 2.05) is 38.1 Å². The van der Waals surface area contributed by atoms with E-state index in [1.165, 1.54) is 0 Å². The van der Waals surface area contributed by atoms with Crippen molar-refractivity contribution in [3.63, 3.8) is 0 Å². The van der Waals surface area contributed by atoms with Crippen molar-refractivity contribution in [2.75, 3.05) is 0 Å². The number of hydrogen-bond acceptors (Lipinski definition) is 3. The maximum absolute atomic E-state index is 12.0. The van der Waals surface area contributed by atoms with E-state index in [0.29, 0.717) is 18.8 Å². The smallest absolute Gasteiger partial charge is 0.237 e. The van der Waals surface area contributed by atoms with Gasteiger partial charge in [-0.1, -0.05) is 38.1 Å². The summed E-state index contributed by atoms with van der Waals surface area (Å²) < 4.78 is 0. The first-order valence-electron chi connectivity index (χ1n) is 6.81. The summed E-state index contributed by atoms with van der Waals surface area (Å²) in [6, 6.07) is 6.95. The van der Waals surface area contributed by atoms with E-state index < -0.39 is 12.1 Å². The van der Waals surface area contributed by atoms with E-state index in [-0.39, 0.29) is 11.9 Å². The molecule has 1 aliphatic carbocycles. The van der Waals surface area contributed by atoms with Gasteiger partial charge >= 0.3 is 0 Å². The Hall–Kier alpha value is -1.39. The van der Waals surface area contributed by atoms with Gasteiger partial charge in [0.15, 0.2) is 0 Å². The Kier molecular flexibility index (Phi) is 4.22. The highest BCUT2D eigenvalue weighted by molar-refractivity contribution is 5.82. The van der Waals surface area contributed by atoms with Gasteiger partial charge in [0.2, 0.25) is 5.91 Å². The zero-order chi connectivity index (χ0) is 14.0. The Balaban J connectivity index is 2.05. The van der Waals surface area contributed by atoms with Crippen molar-refractivity contribution < 1.29 is 9.90 Å². The van der Waals surface area contributed by atoms with E-state index in [9.17, 15) is 9.90 Å². The summed E-state index contributed by atoms with van der Waals surface area (Å²) in [5.74, 6) is 0.191. The van der Waals surface area contributed by atoms with Crippen LogP contribution in [-0.2, 0) is 11.2 Å². The molecule has 0 radical (unpaired) electrons. The minimum atomic E-state index is -0.562. The topological polar surface area (TPSA) is 75.4 Å². The molecule has 1 amide bonds. The first kappa shape index (κ1) is 14.0. The Morgan fingerprint density at radius 3 is 2.84 bits per heavy atom. The van der Waals surface area contributed by atoms with Crippen LogP contribution in [0.5, 0.6) is 0 Å². The summed E-state index contributed by atoms with van der Waals surface area (Å²) in [6.45, 7) is 4.07. The van der Waals surface area contributed by atoms with Crippen LogP contribution in [0.3, 0.4) is 0 Å². The molecule has 0 saturated carbocycles. The number of fused-ring (bicyclic) bond motifs is 1. The van der Waals surface area contributed by atoms with E-state index in [4.69, 9.17) is 5.73 Å². The van der Waals surface area contributed by atoms with Crippen molar-refractivity contribution in [2.45, 2.75) is 44.9 Å². The molecule has 1 aliphatic rings. The standard InChI is InChI=1S/C15H22N2O2/c1-9(2)7-12(16)15(19)17-14-11-6-4-3-5-10(11)8-13(14)18/h3-6,9,12-14,18H,7-8,16H2,1-2H3,(H,17,19)/t12?,13-,14+/m0/s1. The van der Waals surface area contributed by atoms with Gasteiger partial charge in [-0.25, -0.2) is 0 Å². The number of amides is 1. The molecule has 0 aliphatic heterocycles. The lowest BCUT2D eigenvalue weighted by Gasteiger charge is -2.21. The predicted molar refractivity (Wildman–Crippen MR) is 74.5 cm³/mol. The Bertz CT molecular complexity index is 459. The van der Waals surface area contributed by atoms with Crippen LogP contribution >= 0.6 is 0 Å². The summed E-state index contributed by atoms with van der Waals surface area (Å²) in [7, 11) is 0. The van der Waals surface area contributed by atoms with Crippen LogP contribution in [-0.4, -0.2) is 23.2 Å². The second-order valence-corrected chi connectivity index (χ2v) is 5.69. The largest absolute Gasteiger partial charge is 0.390 e. The van der Waals surface area contributed by atoms with Crippen LogP contribution in [0.25, 0.3) is 0 Å². The number of nitrogens with two attached hydrogens (primary N) is 1. The van der Waals surface area contributed by atoms with Gasteiger partial charge in [-0.05, 0) is 23.5 Å². The summed E-state index contributed by atoms with van der Waals surface area (Å²) >= 11 is 0. The first-order valence-corrected chi connectivity index (χ1v) is 6.81. The van der Waals surface area contributed by atoms with Crippen LogP contribution in [0.4, 0.5) is 0 Å². The van der Waals surface area contributed by atoms with Crippen LogP contribution in [0.15, 0.2) is 24.3 Å². The quantitative estimate of drug-likeness (QED) is 0.761. The summed E-state index contributed by atoms with van der Waals surface area (Å²) in [5.41, 5.74) is 7.96. The zero-order valence-electron chi connectivity index (χ0n) is 11.5. The van der Waals surface area contributed by atoms with E-state index in [0.717, 1.165) is 11.1 Å². The minimum absolute atomic E-state index is 0.186. The summed E-state index contributed by atoms with van der Waals surface area (Å²) in [5, 5.41) is 12.9. The fourth-order valence-corrected chi connectivity index (χ4v) is 2.62. The second kappa shape index (κ2) is 5.72. The van der Waals surface area contributed by atoms with Crippen molar-refractivity contribution in [3.8, 4) is 0 Å². The Labute approximate surface area is 114 Å². The van der Waals surface area contributed by atoms with Crippen molar-refractivity contribution in [3.05, 3.63) is 35.4 Å². The zero-order valence-corrected chi connectivity index (χ0v) is 11.5. The molecule has 1 aromatic carbocycles. The van der Waals surface area contributed by atoms with Crippen LogP contribution in [0, 0.1) is 5.92 Å². The molecular formula is C15H22N2O2. The van der Waals surface area contributed by atoms with Crippen LogP contribution in [0.1, 0.15) is 37.4 Å². The Morgan fingerprint density at radius 1 is 1.47 bits per heavy atom. The number of benzene rings is 1. The van der Waals surface area contributed by atoms with Gasteiger partial charge < -0.3 is 16.2 Å². The van der Waals surface area contributed by atoms with Gasteiger partial charge in [0, 0.05) is 6.42 Å². The first-order chi connectivity index (χ1) is 8.99. The lowest BCUT2D eigenvalue weighted by atomic mass is 10.0. The van der Waals surface area contributed by atoms with E-state index >= 15 is 0 Å². The predicted octanol–water partition coefficient (Wildman–Crippen LogP) is 1.13. The number of carbonyl (C=O) groups excluding carboxylic acids is 1. The average molecular weight is 262 g/mol. The molecule has 2 rings (SSSR count).